The summed E-state index contributed by atoms with van der Waals surface area (Å²) in [6, 6.07) is 10.6. The Kier molecular flexibility index (Phi) is 18.2. The smallest absolute Gasteiger partial charge is 0.289 e. The number of nitrogens with two attached hydrogens (primary N) is 2. The van der Waals surface area contributed by atoms with E-state index in [1.54, 1.807) is 30.0 Å². The number of fused-ring (bicyclic) bond motifs is 1. The van der Waals surface area contributed by atoms with Crippen molar-refractivity contribution in [2.45, 2.75) is 89.9 Å². The largest absolute Gasteiger partial charge is 0.397 e. The van der Waals surface area contributed by atoms with Crippen molar-refractivity contribution in [3.63, 3.8) is 0 Å². The van der Waals surface area contributed by atoms with Crippen molar-refractivity contribution in [2.75, 3.05) is 16.7 Å². The molecule has 2 atom stereocenters. The summed E-state index contributed by atoms with van der Waals surface area (Å²) in [5, 5.41) is 12.4. The highest BCUT2D eigenvalue weighted by molar-refractivity contribution is 8.00. The van der Waals surface area contributed by atoms with E-state index in [2.05, 4.69) is 27.4 Å². The van der Waals surface area contributed by atoms with Crippen LogP contribution in [-0.4, -0.2) is 62.4 Å². The van der Waals surface area contributed by atoms with Gasteiger partial charge < -0.3 is 16.2 Å². The minimum atomic E-state index is -3.33. The number of aromatic nitrogens is 3. The standard InChI is InChI=1S/C32H33ClF4N4S2.C8H10F4N2.CH3NO/c1-6-13-43-40-31-28-26(33)10-9-25(30(28)41(39-31)18-27(36)37)24-8-7-23(11-12-32(3,4)42-5)38-29(24)19(2)14-20-15-21(34)17-22(35)16-20;1-3-2-8(11,12)6(14)4(3)5(13)7(9)10;2-1-3/h7-10,15-17,19,27H,6,13-14,18H2,1-5H3,(H,39,40);3,7,14H,2,13H2,1H3;1H,(H2,2,3)/b;5-4-,14-6?;/t;3-;/m.0./s1. The number of pyridine rings is 1. The van der Waals surface area contributed by atoms with Gasteiger partial charge in [0.25, 0.3) is 18.8 Å². The number of benzene rings is 2. The molecule has 326 valence electrons. The first-order chi connectivity index (χ1) is 28.1. The van der Waals surface area contributed by atoms with Gasteiger partial charge in [-0.25, -0.2) is 31.3 Å². The molecule has 0 saturated heterocycles. The number of hydrogen-bond donors (Lipinski definition) is 4. The van der Waals surface area contributed by atoms with Crippen molar-refractivity contribution in [3.8, 4) is 23.0 Å². The molecule has 1 fully saturated rings. The SMILES string of the molecule is CCCSNc1nn(CC(F)F)c2c(-c3ccc(C#CC(C)(C)SC)nc3C(C)Cc3cc(F)cc(F)c3)ccc(Cl)c12.C[C@H]1CC(F)(F)C(=N)/C1=C(\N)C(F)F.NC=O. The minimum absolute atomic E-state index is 0.250. The highest BCUT2D eigenvalue weighted by Crippen LogP contribution is 2.42. The number of allylic oxidation sites excluding steroid dienone is 2. The molecule has 0 radical (unpaired) electrons. The highest BCUT2D eigenvalue weighted by Gasteiger charge is 2.48. The van der Waals surface area contributed by atoms with E-state index in [4.69, 9.17) is 32.5 Å². The molecule has 1 unspecified atom stereocenters. The number of rotatable bonds is 12. The molecule has 6 N–H and O–H groups in total. The van der Waals surface area contributed by atoms with Gasteiger partial charge in [-0.2, -0.15) is 13.9 Å². The molecule has 19 heteroatoms. The molecule has 2 heterocycles. The molecule has 1 amide bonds. The Labute approximate surface area is 357 Å². The summed E-state index contributed by atoms with van der Waals surface area (Å²) in [4.78, 5) is 13.5. The van der Waals surface area contributed by atoms with Crippen LogP contribution in [-0.2, 0) is 17.8 Å². The Morgan fingerprint density at radius 1 is 1.13 bits per heavy atom. The quantitative estimate of drug-likeness (QED) is 0.0365. The lowest BCUT2D eigenvalue weighted by molar-refractivity contribution is -0.106. The van der Waals surface area contributed by atoms with Crippen molar-refractivity contribution < 1.29 is 39.9 Å². The number of nitrogens with one attached hydrogen (secondary N) is 2. The number of alkyl halides is 6. The number of amides is 1. The summed E-state index contributed by atoms with van der Waals surface area (Å²) in [6.07, 6.45) is -2.82. The third kappa shape index (κ3) is 13.0. The van der Waals surface area contributed by atoms with Gasteiger partial charge in [-0.1, -0.05) is 56.3 Å². The Hall–Kier alpha value is -4.47. The number of thioether (sulfide) groups is 1. The van der Waals surface area contributed by atoms with Crippen LogP contribution in [0.5, 0.6) is 0 Å². The summed E-state index contributed by atoms with van der Waals surface area (Å²) in [5.74, 6) is 1.84. The molecule has 4 aromatic rings. The average Bonchev–Trinajstić information content (AvgIpc) is 3.61. The van der Waals surface area contributed by atoms with Gasteiger partial charge in [0, 0.05) is 40.9 Å². The Morgan fingerprint density at radius 3 is 2.28 bits per heavy atom. The maximum absolute atomic E-state index is 14.0. The van der Waals surface area contributed by atoms with Gasteiger partial charge in [-0.3, -0.25) is 14.9 Å². The van der Waals surface area contributed by atoms with Gasteiger partial charge in [-0.15, -0.1) is 11.8 Å². The zero-order chi connectivity index (χ0) is 45.1. The first-order valence-corrected chi connectivity index (χ1v) is 21.0. The van der Waals surface area contributed by atoms with E-state index in [1.165, 1.54) is 35.7 Å². The van der Waals surface area contributed by atoms with Crippen LogP contribution in [0.2, 0.25) is 5.02 Å². The fourth-order valence-corrected chi connectivity index (χ4v) is 7.21. The van der Waals surface area contributed by atoms with Crippen molar-refractivity contribution in [2.24, 2.45) is 17.4 Å². The second-order valence-electron chi connectivity index (χ2n) is 14.2. The molecule has 0 spiro atoms. The minimum Gasteiger partial charge on any atom is -0.397 e. The van der Waals surface area contributed by atoms with Crippen molar-refractivity contribution in [3.05, 3.63) is 87.3 Å². The fraction of sp³-hybridized carbons (Fsp3) is 0.415. The number of carbonyl (C=O) groups is 1. The van der Waals surface area contributed by atoms with E-state index in [0.717, 1.165) is 18.2 Å². The van der Waals surface area contributed by atoms with E-state index in [1.807, 2.05) is 40.0 Å². The van der Waals surface area contributed by atoms with Crippen molar-refractivity contribution in [1.29, 1.82) is 5.41 Å². The number of anilines is 1. The van der Waals surface area contributed by atoms with Crippen LogP contribution in [0.25, 0.3) is 22.0 Å². The van der Waals surface area contributed by atoms with E-state index >= 15 is 0 Å². The van der Waals surface area contributed by atoms with E-state index in [9.17, 15) is 35.1 Å². The molecular weight excluding hydrogens is 858 g/mol. The van der Waals surface area contributed by atoms with E-state index < -0.39 is 66.3 Å². The predicted octanol–water partition coefficient (Wildman–Crippen LogP) is 10.9. The molecule has 2 aromatic heterocycles. The summed E-state index contributed by atoms with van der Waals surface area (Å²) >= 11 is 9.69. The summed E-state index contributed by atoms with van der Waals surface area (Å²) < 4.78 is 110. The van der Waals surface area contributed by atoms with Crippen LogP contribution < -0.4 is 16.2 Å². The molecule has 5 rings (SSSR count). The Balaban J connectivity index is 0.000000472. The normalized spacial score (nSPS) is 16.1. The zero-order valence-corrected chi connectivity index (χ0v) is 36.0. The molecule has 8 nitrogen and oxygen atoms in total. The number of nitrogens with zero attached hydrogens (tertiary/aromatic N) is 3. The van der Waals surface area contributed by atoms with Gasteiger partial charge in [0.05, 0.1) is 32.1 Å². The molecule has 0 aliphatic heterocycles. The molecule has 1 aliphatic rings. The Morgan fingerprint density at radius 2 is 1.75 bits per heavy atom. The summed E-state index contributed by atoms with van der Waals surface area (Å²) in [6.45, 7) is 8.71. The number of halogens is 9. The van der Waals surface area contributed by atoms with Crippen LogP contribution in [0.15, 0.2) is 53.7 Å². The number of carbonyl (C=O) groups excluding carboxylic acids is 1. The van der Waals surface area contributed by atoms with Gasteiger partial charge in [0.1, 0.15) is 29.6 Å². The van der Waals surface area contributed by atoms with Crippen LogP contribution in [0, 0.1) is 34.8 Å². The average molecular weight is 904 g/mol. The third-order valence-corrected chi connectivity index (χ3v) is 11.4. The van der Waals surface area contributed by atoms with E-state index in [0.29, 0.717) is 49.8 Å². The van der Waals surface area contributed by atoms with Crippen LogP contribution >= 0.6 is 35.3 Å². The lowest BCUT2D eigenvalue weighted by atomic mass is 9.90. The number of hydrogen-bond acceptors (Lipinski definition) is 8. The monoisotopic (exact) mass is 903 g/mol. The van der Waals surface area contributed by atoms with Gasteiger partial charge in [-0.05, 0) is 80.7 Å². The van der Waals surface area contributed by atoms with Crippen molar-refractivity contribution >= 4 is 64.2 Å². The maximum Gasteiger partial charge on any atom is 0.289 e. The first-order valence-electron chi connectivity index (χ1n) is 18.4. The predicted molar refractivity (Wildman–Crippen MR) is 227 cm³/mol. The van der Waals surface area contributed by atoms with Crippen molar-refractivity contribution in [1.82, 2.24) is 14.8 Å². The lowest BCUT2D eigenvalue weighted by Crippen LogP contribution is -2.24. The first kappa shape index (κ1) is 49.9. The van der Waals surface area contributed by atoms with Gasteiger partial charge in [0.15, 0.2) is 5.82 Å². The van der Waals surface area contributed by atoms with Crippen LogP contribution in [0.1, 0.15) is 70.3 Å². The number of primary amides is 1. The van der Waals surface area contributed by atoms with Crippen LogP contribution in [0.4, 0.5) is 40.9 Å². The van der Waals surface area contributed by atoms with Gasteiger partial charge in [0.2, 0.25) is 6.41 Å². The molecule has 2 aromatic carbocycles. The summed E-state index contributed by atoms with van der Waals surface area (Å²) in [5.41, 5.74) is 10.1. The zero-order valence-electron chi connectivity index (χ0n) is 33.6. The molecule has 60 heavy (non-hydrogen) atoms. The Bertz CT molecular complexity index is 2220. The lowest BCUT2D eigenvalue weighted by Gasteiger charge is -2.18. The summed E-state index contributed by atoms with van der Waals surface area (Å²) in [7, 11) is 0. The van der Waals surface area contributed by atoms with Crippen LogP contribution in [0.3, 0.4) is 0 Å². The maximum atomic E-state index is 14.0. The third-order valence-electron chi connectivity index (χ3n) is 9.01. The highest BCUT2D eigenvalue weighted by atomic mass is 35.5. The molecule has 1 aliphatic carbocycles. The molecular formula is C41H46ClF8N7OS2. The molecule has 1 saturated carbocycles. The fourth-order valence-electron chi connectivity index (χ4n) is 6.22. The second kappa shape index (κ2) is 21.9. The molecule has 0 bridgehead atoms. The second-order valence-corrected chi connectivity index (χ2v) is 16.9. The van der Waals surface area contributed by atoms with E-state index in [-0.39, 0.29) is 23.5 Å². The topological polar surface area (TPSA) is 136 Å². The van der Waals surface area contributed by atoms with Gasteiger partial charge >= 0.3 is 0 Å².